The van der Waals surface area contributed by atoms with Crippen LogP contribution in [0.1, 0.15) is 12.8 Å². The lowest BCUT2D eigenvalue weighted by Crippen LogP contribution is -2.37. The Morgan fingerprint density at radius 3 is 2.81 bits per heavy atom. The van der Waals surface area contributed by atoms with Crippen LogP contribution < -0.4 is 11.3 Å². The van der Waals surface area contributed by atoms with Crippen LogP contribution in [0, 0.1) is 10.1 Å². The molecule has 0 aliphatic carbocycles. The summed E-state index contributed by atoms with van der Waals surface area (Å²) in [7, 11) is -4.07. The number of hydrogen-bond donors (Lipinski definition) is 3. The van der Waals surface area contributed by atoms with Gasteiger partial charge in [0.15, 0.2) is 4.90 Å². The predicted molar refractivity (Wildman–Crippen MR) is 74.9 cm³/mol. The van der Waals surface area contributed by atoms with Crippen molar-refractivity contribution < 1.29 is 18.4 Å². The lowest BCUT2D eigenvalue weighted by Gasteiger charge is -2.22. The molecule has 1 aromatic carbocycles. The lowest BCUT2D eigenvalue weighted by atomic mass is 10.2. The molecule has 0 radical (unpaired) electrons. The minimum absolute atomic E-state index is 0.0826. The Labute approximate surface area is 121 Å². The van der Waals surface area contributed by atoms with Gasteiger partial charge in [0.25, 0.3) is 0 Å². The van der Waals surface area contributed by atoms with Gasteiger partial charge in [-0.15, -0.1) is 0 Å². The van der Waals surface area contributed by atoms with E-state index in [-0.39, 0.29) is 18.8 Å². The highest BCUT2D eigenvalue weighted by molar-refractivity contribution is 7.89. The molecule has 0 aromatic heterocycles. The monoisotopic (exact) mass is 316 g/mol. The Morgan fingerprint density at radius 1 is 1.52 bits per heavy atom. The van der Waals surface area contributed by atoms with Gasteiger partial charge in [-0.2, -0.15) is 4.31 Å². The van der Waals surface area contributed by atoms with Crippen LogP contribution in [0.4, 0.5) is 11.4 Å². The van der Waals surface area contributed by atoms with Crippen LogP contribution in [0.3, 0.4) is 0 Å². The summed E-state index contributed by atoms with van der Waals surface area (Å²) in [6.45, 7) is -0.0904. The number of nitrogen functional groups attached to an aromatic ring is 1. The lowest BCUT2D eigenvalue weighted by molar-refractivity contribution is -0.386. The minimum Gasteiger partial charge on any atom is -0.395 e. The third-order valence-electron chi connectivity index (χ3n) is 3.46. The van der Waals surface area contributed by atoms with E-state index in [0.29, 0.717) is 12.8 Å². The number of hydrazine groups is 1. The Bertz CT molecular complexity index is 648. The van der Waals surface area contributed by atoms with E-state index in [1.807, 2.05) is 0 Å². The van der Waals surface area contributed by atoms with Crippen molar-refractivity contribution in [1.82, 2.24) is 4.31 Å². The Morgan fingerprint density at radius 2 is 2.24 bits per heavy atom. The molecule has 0 saturated carbocycles. The molecule has 1 heterocycles. The Balaban J connectivity index is 2.57. The van der Waals surface area contributed by atoms with Gasteiger partial charge in [-0.05, 0) is 25.0 Å². The summed E-state index contributed by atoms with van der Waals surface area (Å²) in [6.07, 6.45) is 1.13. The first kappa shape index (κ1) is 15.6. The van der Waals surface area contributed by atoms with Crippen LogP contribution in [0.5, 0.6) is 0 Å². The summed E-state index contributed by atoms with van der Waals surface area (Å²) in [5, 5.41) is 20.4. The van der Waals surface area contributed by atoms with Gasteiger partial charge in [0.2, 0.25) is 10.0 Å². The van der Waals surface area contributed by atoms with E-state index in [9.17, 15) is 23.6 Å². The fraction of sp³-hybridized carbons (Fsp3) is 0.455. The second-order valence-corrected chi connectivity index (χ2v) is 6.51. The molecule has 9 nitrogen and oxygen atoms in total. The molecule has 0 spiro atoms. The van der Waals surface area contributed by atoms with Crippen molar-refractivity contribution in [3.8, 4) is 0 Å². The number of nitrogens with zero attached hydrogens (tertiary/aromatic N) is 2. The van der Waals surface area contributed by atoms with E-state index in [0.717, 1.165) is 4.31 Å². The summed E-state index contributed by atoms with van der Waals surface area (Å²) in [4.78, 5) is 9.98. The quantitative estimate of drug-likeness (QED) is 0.395. The van der Waals surface area contributed by atoms with E-state index < -0.39 is 31.6 Å². The normalized spacial score (nSPS) is 19.6. The van der Waals surface area contributed by atoms with Crippen molar-refractivity contribution in [2.75, 3.05) is 18.6 Å². The van der Waals surface area contributed by atoms with Gasteiger partial charge < -0.3 is 10.5 Å². The molecule has 4 N–H and O–H groups in total. The molecule has 1 aromatic rings. The number of nitrogens with one attached hydrogen (secondary N) is 1. The van der Waals surface area contributed by atoms with Crippen LogP contribution in [-0.2, 0) is 10.0 Å². The van der Waals surface area contributed by atoms with E-state index in [2.05, 4.69) is 5.43 Å². The Hall–Kier alpha value is -1.75. The zero-order valence-corrected chi connectivity index (χ0v) is 11.9. The summed E-state index contributed by atoms with van der Waals surface area (Å²) >= 11 is 0. The first-order chi connectivity index (χ1) is 9.93. The summed E-state index contributed by atoms with van der Waals surface area (Å²) in [5.41, 5.74) is 1.45. The van der Waals surface area contributed by atoms with E-state index >= 15 is 0 Å². The number of hydrogen-bond acceptors (Lipinski definition) is 7. The van der Waals surface area contributed by atoms with Gasteiger partial charge >= 0.3 is 5.69 Å². The van der Waals surface area contributed by atoms with Crippen LogP contribution in [-0.4, -0.2) is 41.9 Å². The number of aliphatic hydroxyl groups excluding tert-OH is 1. The summed E-state index contributed by atoms with van der Waals surface area (Å²) in [5.74, 6) is 5.20. The van der Waals surface area contributed by atoms with Gasteiger partial charge in [0.05, 0.1) is 11.5 Å². The first-order valence-electron chi connectivity index (χ1n) is 6.30. The molecule has 1 unspecified atom stereocenters. The molecular weight excluding hydrogens is 300 g/mol. The van der Waals surface area contributed by atoms with Gasteiger partial charge in [0.1, 0.15) is 5.69 Å². The highest BCUT2D eigenvalue weighted by atomic mass is 32.2. The SMILES string of the molecule is NNc1cccc(S(=O)(=O)N2CCCC2CO)c1[N+](=O)[O-]. The molecule has 21 heavy (non-hydrogen) atoms. The number of anilines is 1. The third-order valence-corrected chi connectivity index (χ3v) is 5.44. The number of nitrogens with two attached hydrogens (primary N) is 1. The maximum absolute atomic E-state index is 12.6. The number of para-hydroxylation sites is 1. The third kappa shape index (κ3) is 2.70. The number of sulfonamides is 1. The smallest absolute Gasteiger partial charge is 0.313 e. The van der Waals surface area contributed by atoms with Gasteiger partial charge in [-0.1, -0.05) is 6.07 Å². The van der Waals surface area contributed by atoms with Gasteiger partial charge in [-0.25, -0.2) is 8.42 Å². The topological polar surface area (TPSA) is 139 Å². The average Bonchev–Trinajstić information content (AvgIpc) is 2.95. The molecule has 1 aliphatic rings. The molecule has 1 aliphatic heterocycles. The predicted octanol–water partition coefficient (Wildman–Crippen LogP) is 0.0258. The molecule has 0 bridgehead atoms. The summed E-state index contributed by atoms with van der Waals surface area (Å²) < 4.78 is 26.4. The van der Waals surface area contributed by atoms with Gasteiger partial charge in [0, 0.05) is 12.6 Å². The first-order valence-corrected chi connectivity index (χ1v) is 7.74. The van der Waals surface area contributed by atoms with E-state index in [1.165, 1.54) is 18.2 Å². The maximum atomic E-state index is 12.6. The standard InChI is InChI=1S/C11H16N4O5S/c12-13-9-4-1-5-10(11(9)15(17)18)21(19,20)14-6-2-3-8(14)7-16/h1,4-5,8,13,16H,2-3,6-7,12H2. The highest BCUT2D eigenvalue weighted by Gasteiger charge is 2.39. The molecule has 1 saturated heterocycles. The Kier molecular flexibility index (Phi) is 4.42. The highest BCUT2D eigenvalue weighted by Crippen LogP contribution is 2.35. The molecule has 1 atom stereocenters. The maximum Gasteiger partial charge on any atom is 0.313 e. The zero-order valence-electron chi connectivity index (χ0n) is 11.1. The number of benzene rings is 1. The number of aliphatic hydroxyl groups is 1. The van der Waals surface area contributed by atoms with E-state index in [4.69, 9.17) is 5.84 Å². The van der Waals surface area contributed by atoms with Crippen molar-refractivity contribution in [3.05, 3.63) is 28.3 Å². The van der Waals surface area contributed by atoms with Crippen molar-refractivity contribution >= 4 is 21.4 Å². The largest absolute Gasteiger partial charge is 0.395 e. The van der Waals surface area contributed by atoms with Crippen LogP contribution in [0.25, 0.3) is 0 Å². The van der Waals surface area contributed by atoms with Crippen LogP contribution in [0.2, 0.25) is 0 Å². The fourth-order valence-corrected chi connectivity index (χ4v) is 4.34. The van der Waals surface area contributed by atoms with Crippen LogP contribution in [0.15, 0.2) is 23.1 Å². The van der Waals surface area contributed by atoms with Crippen LogP contribution >= 0.6 is 0 Å². The average molecular weight is 316 g/mol. The van der Waals surface area contributed by atoms with Crippen molar-refractivity contribution in [2.45, 2.75) is 23.8 Å². The van der Waals surface area contributed by atoms with Crippen molar-refractivity contribution in [3.63, 3.8) is 0 Å². The van der Waals surface area contributed by atoms with Gasteiger partial charge in [-0.3, -0.25) is 16.0 Å². The minimum atomic E-state index is -4.07. The summed E-state index contributed by atoms with van der Waals surface area (Å²) in [6, 6.07) is 3.31. The van der Waals surface area contributed by atoms with Crippen molar-refractivity contribution in [1.29, 1.82) is 0 Å². The second kappa shape index (κ2) is 5.93. The molecule has 2 rings (SSSR count). The number of nitro groups is 1. The number of rotatable bonds is 5. The number of nitro benzene ring substituents is 1. The second-order valence-electron chi connectivity index (χ2n) is 4.65. The molecule has 10 heteroatoms. The molecule has 0 amide bonds. The molecule has 116 valence electrons. The molecule has 1 fully saturated rings. The van der Waals surface area contributed by atoms with Crippen molar-refractivity contribution in [2.24, 2.45) is 5.84 Å². The molecular formula is C11H16N4O5S. The fourth-order valence-electron chi connectivity index (χ4n) is 2.47. The zero-order chi connectivity index (χ0) is 15.6. The van der Waals surface area contributed by atoms with E-state index in [1.54, 1.807) is 0 Å².